The first-order valence-corrected chi connectivity index (χ1v) is 10.9. The van der Waals surface area contributed by atoms with Crippen LogP contribution in [0, 0.1) is 23.2 Å². The first-order valence-electron chi connectivity index (χ1n) is 10.9. The van der Waals surface area contributed by atoms with Gasteiger partial charge in [-0.15, -0.1) is 0 Å². The van der Waals surface area contributed by atoms with Crippen molar-refractivity contribution in [2.75, 3.05) is 13.7 Å². The lowest BCUT2D eigenvalue weighted by atomic mass is 9.52. The van der Waals surface area contributed by atoms with E-state index in [0.717, 1.165) is 0 Å². The molecule has 3 aliphatic rings. The second-order valence-corrected chi connectivity index (χ2v) is 9.47. The Hall–Kier alpha value is -1.40. The van der Waals surface area contributed by atoms with E-state index in [2.05, 4.69) is 6.58 Å². The maximum atomic E-state index is 12.8. The van der Waals surface area contributed by atoms with E-state index in [1.165, 1.54) is 7.11 Å². The highest BCUT2D eigenvalue weighted by Crippen LogP contribution is 2.55. The van der Waals surface area contributed by atoms with E-state index >= 15 is 0 Å². The third-order valence-electron chi connectivity index (χ3n) is 7.75. The molecule has 0 unspecified atom stereocenters. The van der Waals surface area contributed by atoms with Crippen LogP contribution in [0.15, 0.2) is 12.2 Å². The number of Topliss-reactive ketones (excluding diaryl/α,β-unsaturated/α-hetero) is 1. The number of carbonyl (C=O) groups excluding carboxylic acids is 2. The van der Waals surface area contributed by atoms with Gasteiger partial charge in [0.2, 0.25) is 0 Å². The maximum absolute atomic E-state index is 12.8. The molecule has 1 saturated heterocycles. The summed E-state index contributed by atoms with van der Waals surface area (Å²) in [6.45, 7) is 6.81. The molecule has 2 saturated carbocycles. The molecule has 0 aromatic heterocycles. The lowest BCUT2D eigenvalue weighted by Gasteiger charge is -2.56. The topological polar surface area (TPSA) is 163 Å². The third-order valence-corrected chi connectivity index (χ3v) is 7.75. The fourth-order valence-corrected chi connectivity index (χ4v) is 5.70. The Morgan fingerprint density at radius 1 is 1.19 bits per heavy atom. The molecule has 3 rings (SSSR count). The van der Waals surface area contributed by atoms with Gasteiger partial charge in [-0.3, -0.25) is 4.79 Å². The van der Waals surface area contributed by atoms with E-state index in [9.17, 15) is 35.1 Å². The summed E-state index contributed by atoms with van der Waals surface area (Å²) in [7, 11) is 1.24. The molecule has 5 N–H and O–H groups in total. The van der Waals surface area contributed by atoms with Gasteiger partial charge in [0.1, 0.15) is 30.2 Å². The number of aliphatic hydroxyl groups is 5. The van der Waals surface area contributed by atoms with Gasteiger partial charge in [-0.05, 0) is 12.8 Å². The number of ether oxygens (including phenoxy) is 3. The van der Waals surface area contributed by atoms with Gasteiger partial charge in [0.05, 0.1) is 25.9 Å². The molecule has 182 valence electrons. The number of methoxy groups -OCH3 is 1. The minimum Gasteiger partial charge on any atom is -0.466 e. The molecule has 0 bridgehead atoms. The normalized spacial score (nSPS) is 46.9. The second-order valence-electron chi connectivity index (χ2n) is 9.47. The highest BCUT2D eigenvalue weighted by atomic mass is 16.7. The molecule has 10 heteroatoms. The average Bonchev–Trinajstić information content (AvgIpc) is 2.76. The van der Waals surface area contributed by atoms with Crippen molar-refractivity contribution in [1.82, 2.24) is 0 Å². The summed E-state index contributed by atoms with van der Waals surface area (Å²) in [6, 6.07) is 0. The number of ketones is 1. The number of hydrogen-bond donors (Lipinski definition) is 5. The van der Waals surface area contributed by atoms with E-state index < -0.39 is 78.7 Å². The monoisotopic (exact) mass is 458 g/mol. The van der Waals surface area contributed by atoms with Crippen LogP contribution in [0.2, 0.25) is 0 Å². The van der Waals surface area contributed by atoms with Crippen molar-refractivity contribution in [3.63, 3.8) is 0 Å². The van der Waals surface area contributed by atoms with Gasteiger partial charge in [-0.25, -0.2) is 4.79 Å². The van der Waals surface area contributed by atoms with Crippen molar-refractivity contribution in [2.45, 2.75) is 76.0 Å². The quantitative estimate of drug-likeness (QED) is 0.252. The van der Waals surface area contributed by atoms with Gasteiger partial charge in [0, 0.05) is 35.2 Å². The Morgan fingerprint density at radius 3 is 2.44 bits per heavy atom. The van der Waals surface area contributed by atoms with E-state index in [1.54, 1.807) is 6.92 Å². The third kappa shape index (κ3) is 4.13. The number of hydrogen-bond acceptors (Lipinski definition) is 10. The molecule has 11 atom stereocenters. The molecule has 1 heterocycles. The van der Waals surface area contributed by atoms with Crippen LogP contribution in [0.3, 0.4) is 0 Å². The van der Waals surface area contributed by atoms with Crippen LogP contribution in [0.25, 0.3) is 0 Å². The highest BCUT2D eigenvalue weighted by molar-refractivity contribution is 5.88. The first-order chi connectivity index (χ1) is 15.0. The molecule has 0 aromatic rings. The fourth-order valence-electron chi connectivity index (χ4n) is 5.70. The van der Waals surface area contributed by atoms with Crippen molar-refractivity contribution in [1.29, 1.82) is 0 Å². The molecular weight excluding hydrogens is 424 g/mol. The average molecular weight is 459 g/mol. The Labute approximate surface area is 186 Å². The molecule has 1 aliphatic heterocycles. The van der Waals surface area contributed by atoms with Crippen molar-refractivity contribution in [3.05, 3.63) is 12.2 Å². The lowest BCUT2D eigenvalue weighted by molar-refractivity contribution is -0.326. The molecule has 2 aliphatic carbocycles. The zero-order chi connectivity index (χ0) is 24.0. The maximum Gasteiger partial charge on any atom is 0.333 e. The Balaban J connectivity index is 1.86. The largest absolute Gasteiger partial charge is 0.466 e. The summed E-state index contributed by atoms with van der Waals surface area (Å²) < 4.78 is 16.2. The molecule has 0 radical (unpaired) electrons. The first kappa shape index (κ1) is 25.2. The predicted molar refractivity (Wildman–Crippen MR) is 109 cm³/mol. The van der Waals surface area contributed by atoms with E-state index in [1.807, 2.05) is 6.92 Å². The number of carbonyl (C=O) groups is 2. The summed E-state index contributed by atoms with van der Waals surface area (Å²) >= 11 is 0. The molecule has 10 nitrogen and oxygen atoms in total. The highest BCUT2D eigenvalue weighted by Gasteiger charge is 2.59. The van der Waals surface area contributed by atoms with Crippen LogP contribution >= 0.6 is 0 Å². The zero-order valence-electron chi connectivity index (χ0n) is 18.6. The molecule has 3 fully saturated rings. The van der Waals surface area contributed by atoms with Crippen LogP contribution in [0.1, 0.15) is 33.1 Å². The van der Waals surface area contributed by atoms with Gasteiger partial charge in [-0.2, -0.15) is 0 Å². The van der Waals surface area contributed by atoms with Crippen LogP contribution in [-0.2, 0) is 23.8 Å². The Morgan fingerprint density at radius 2 is 1.84 bits per heavy atom. The lowest BCUT2D eigenvalue weighted by Crippen LogP contribution is -2.63. The summed E-state index contributed by atoms with van der Waals surface area (Å²) in [5.74, 6) is -2.38. The molecule has 0 spiro atoms. The van der Waals surface area contributed by atoms with Gasteiger partial charge in [0.25, 0.3) is 0 Å². The fraction of sp³-hybridized carbons (Fsp3) is 0.818. The Kier molecular flexibility index (Phi) is 7.45. The molecule has 32 heavy (non-hydrogen) atoms. The smallest absolute Gasteiger partial charge is 0.333 e. The van der Waals surface area contributed by atoms with Gasteiger partial charge < -0.3 is 39.7 Å². The predicted octanol–water partition coefficient (Wildman–Crippen LogP) is -1.10. The summed E-state index contributed by atoms with van der Waals surface area (Å²) in [5.41, 5.74) is -0.558. The molecule has 0 amide bonds. The van der Waals surface area contributed by atoms with Gasteiger partial charge >= 0.3 is 5.97 Å². The second kappa shape index (κ2) is 9.46. The molecular formula is C22H34O10. The van der Waals surface area contributed by atoms with E-state index in [0.29, 0.717) is 12.8 Å². The zero-order valence-corrected chi connectivity index (χ0v) is 18.6. The van der Waals surface area contributed by atoms with E-state index in [-0.39, 0.29) is 17.8 Å². The van der Waals surface area contributed by atoms with Crippen molar-refractivity contribution in [2.24, 2.45) is 23.2 Å². The number of fused-ring (bicyclic) bond motifs is 1. The number of aliphatic hydroxyl groups excluding tert-OH is 5. The summed E-state index contributed by atoms with van der Waals surface area (Å²) in [4.78, 5) is 24.8. The summed E-state index contributed by atoms with van der Waals surface area (Å²) in [5, 5.41) is 51.0. The van der Waals surface area contributed by atoms with Crippen LogP contribution in [0.5, 0.6) is 0 Å². The summed E-state index contributed by atoms with van der Waals surface area (Å²) in [6.07, 6.45) is -8.11. The SMILES string of the molecule is C=C(C(=O)OC)[C@@H]1CC[C@@]2(C)[C@@H]([C@@H]1O)[C@H](C)C(=O)C[C@H]2O[C@@H]1O[C@H](CO)[C@@H](O)[C@H](O)[C@H]1O. The van der Waals surface area contributed by atoms with Crippen molar-refractivity contribution >= 4 is 11.8 Å². The van der Waals surface area contributed by atoms with Crippen LogP contribution < -0.4 is 0 Å². The van der Waals surface area contributed by atoms with E-state index in [4.69, 9.17) is 14.2 Å². The van der Waals surface area contributed by atoms with Gasteiger partial charge in [-0.1, -0.05) is 20.4 Å². The molecule has 0 aromatic carbocycles. The number of rotatable bonds is 5. The standard InChI is InChI=1S/C22H34O10/c1-9(20(29)30-4)11-5-6-22(3)14(7-12(24)10(2)15(22)16(11)25)32-21-19(28)18(27)17(26)13(8-23)31-21/h10-11,13-19,21,23,25-28H,1,5-8H2,2-4H3/t10-,11+,13-,14-,15-,16-,17-,18+,19-,21+,22-/m1/s1. The minimum atomic E-state index is -1.60. The number of esters is 1. The van der Waals surface area contributed by atoms with Crippen molar-refractivity contribution < 1.29 is 49.3 Å². The van der Waals surface area contributed by atoms with Crippen LogP contribution in [-0.4, -0.2) is 93.9 Å². The van der Waals surface area contributed by atoms with Crippen molar-refractivity contribution in [3.8, 4) is 0 Å². The van der Waals surface area contributed by atoms with Crippen LogP contribution in [0.4, 0.5) is 0 Å². The van der Waals surface area contributed by atoms with Gasteiger partial charge in [0.15, 0.2) is 6.29 Å². The Bertz CT molecular complexity index is 738. The minimum absolute atomic E-state index is 0.0124.